The Bertz CT molecular complexity index is 616. The highest BCUT2D eigenvalue weighted by Gasteiger charge is 2.14. The second kappa shape index (κ2) is 7.23. The van der Waals surface area contributed by atoms with Crippen LogP contribution in [0.3, 0.4) is 0 Å². The Hall–Kier alpha value is -2.63. The van der Waals surface area contributed by atoms with Gasteiger partial charge in [-0.25, -0.2) is 0 Å². The van der Waals surface area contributed by atoms with Gasteiger partial charge in [-0.3, -0.25) is 0 Å². The zero-order valence-electron chi connectivity index (χ0n) is 11.7. The fraction of sp³-hybridized carbons (Fsp3) is 0.267. The molecule has 0 saturated carbocycles. The SMILES string of the molecule is Cc1ccccc1OCCCOc1cccnc1[N+](=O)[O-]. The third-order valence-electron chi connectivity index (χ3n) is 2.82. The molecule has 2 aromatic rings. The van der Waals surface area contributed by atoms with Gasteiger partial charge in [0, 0.05) is 6.42 Å². The smallest absolute Gasteiger partial charge is 0.406 e. The van der Waals surface area contributed by atoms with Crippen molar-refractivity contribution in [2.75, 3.05) is 13.2 Å². The standard InChI is InChI=1S/C15H16N2O4/c1-12-6-2-3-7-13(12)20-10-5-11-21-14-8-4-9-16-15(14)17(18)19/h2-4,6-9H,5,10-11H2,1H3. The van der Waals surface area contributed by atoms with Gasteiger partial charge in [-0.2, -0.15) is 0 Å². The summed E-state index contributed by atoms with van der Waals surface area (Å²) in [7, 11) is 0. The van der Waals surface area contributed by atoms with E-state index in [1.54, 1.807) is 6.07 Å². The monoisotopic (exact) mass is 288 g/mol. The second-order valence-electron chi connectivity index (χ2n) is 4.40. The summed E-state index contributed by atoms with van der Waals surface area (Å²) >= 11 is 0. The molecule has 0 aliphatic rings. The number of nitrogens with zero attached hydrogens (tertiary/aromatic N) is 2. The number of hydrogen-bond donors (Lipinski definition) is 0. The van der Waals surface area contributed by atoms with Gasteiger partial charge in [-0.15, -0.1) is 0 Å². The Balaban J connectivity index is 1.78. The quantitative estimate of drug-likeness (QED) is 0.444. The summed E-state index contributed by atoms with van der Waals surface area (Å²) in [6.45, 7) is 2.79. The molecule has 0 fully saturated rings. The van der Waals surface area contributed by atoms with Crippen molar-refractivity contribution < 1.29 is 14.4 Å². The molecule has 6 nitrogen and oxygen atoms in total. The van der Waals surface area contributed by atoms with Crippen molar-refractivity contribution in [3.8, 4) is 11.5 Å². The molecule has 110 valence electrons. The molecule has 1 heterocycles. The number of hydrogen-bond acceptors (Lipinski definition) is 5. The van der Waals surface area contributed by atoms with Crippen molar-refractivity contribution in [3.63, 3.8) is 0 Å². The maximum Gasteiger partial charge on any atom is 0.406 e. The topological polar surface area (TPSA) is 74.5 Å². The molecule has 0 amide bonds. The van der Waals surface area contributed by atoms with Crippen LogP contribution in [0.5, 0.6) is 11.5 Å². The number of pyridine rings is 1. The van der Waals surface area contributed by atoms with Gasteiger partial charge in [0.2, 0.25) is 5.75 Å². The van der Waals surface area contributed by atoms with Crippen molar-refractivity contribution in [2.45, 2.75) is 13.3 Å². The maximum absolute atomic E-state index is 10.8. The number of para-hydroxylation sites is 1. The normalized spacial score (nSPS) is 10.1. The fourth-order valence-electron chi connectivity index (χ4n) is 1.77. The van der Waals surface area contributed by atoms with Crippen LogP contribution in [0.25, 0.3) is 0 Å². The van der Waals surface area contributed by atoms with Gasteiger partial charge in [-0.1, -0.05) is 18.2 Å². The van der Waals surface area contributed by atoms with E-state index in [4.69, 9.17) is 9.47 Å². The lowest BCUT2D eigenvalue weighted by molar-refractivity contribution is -0.390. The minimum absolute atomic E-state index is 0.179. The second-order valence-corrected chi connectivity index (χ2v) is 4.40. The Morgan fingerprint density at radius 1 is 1.10 bits per heavy atom. The molecule has 21 heavy (non-hydrogen) atoms. The number of aryl methyl sites for hydroxylation is 1. The van der Waals surface area contributed by atoms with E-state index in [2.05, 4.69) is 4.98 Å². The third-order valence-corrected chi connectivity index (χ3v) is 2.82. The van der Waals surface area contributed by atoms with Crippen molar-refractivity contribution >= 4 is 5.82 Å². The summed E-state index contributed by atoms with van der Waals surface area (Å²) in [4.78, 5) is 13.9. The highest BCUT2D eigenvalue weighted by Crippen LogP contribution is 2.23. The molecule has 0 aliphatic carbocycles. The highest BCUT2D eigenvalue weighted by molar-refractivity contribution is 5.38. The number of benzene rings is 1. The van der Waals surface area contributed by atoms with Crippen LogP contribution in [0.1, 0.15) is 12.0 Å². The highest BCUT2D eigenvalue weighted by atomic mass is 16.6. The van der Waals surface area contributed by atoms with E-state index in [1.807, 2.05) is 31.2 Å². The fourth-order valence-corrected chi connectivity index (χ4v) is 1.77. The first kappa shape index (κ1) is 14.8. The molecule has 0 atom stereocenters. The van der Waals surface area contributed by atoms with E-state index in [9.17, 15) is 10.1 Å². The van der Waals surface area contributed by atoms with E-state index in [1.165, 1.54) is 12.3 Å². The van der Waals surface area contributed by atoms with Crippen LogP contribution in [0, 0.1) is 17.0 Å². The lowest BCUT2D eigenvalue weighted by Gasteiger charge is -2.09. The predicted molar refractivity (Wildman–Crippen MR) is 77.7 cm³/mol. The molecule has 1 aromatic carbocycles. The molecule has 0 bridgehead atoms. The Kier molecular flexibility index (Phi) is 5.09. The molecule has 0 radical (unpaired) electrons. The largest absolute Gasteiger partial charge is 0.493 e. The predicted octanol–water partition coefficient (Wildman–Crippen LogP) is 3.15. The van der Waals surface area contributed by atoms with E-state index in [0.29, 0.717) is 19.6 Å². The molecule has 0 unspecified atom stereocenters. The van der Waals surface area contributed by atoms with Crippen LogP contribution in [-0.4, -0.2) is 23.1 Å². The summed E-state index contributed by atoms with van der Waals surface area (Å²) < 4.78 is 11.0. The zero-order valence-corrected chi connectivity index (χ0v) is 11.7. The molecule has 0 aliphatic heterocycles. The van der Waals surface area contributed by atoms with Crippen LogP contribution < -0.4 is 9.47 Å². The van der Waals surface area contributed by atoms with Gasteiger partial charge in [0.1, 0.15) is 11.9 Å². The average molecular weight is 288 g/mol. The van der Waals surface area contributed by atoms with Crippen molar-refractivity contribution in [1.82, 2.24) is 4.98 Å². The van der Waals surface area contributed by atoms with Crippen LogP contribution in [-0.2, 0) is 0 Å². The van der Waals surface area contributed by atoms with Crippen LogP contribution >= 0.6 is 0 Å². The van der Waals surface area contributed by atoms with Gasteiger partial charge in [-0.05, 0) is 40.6 Å². The van der Waals surface area contributed by atoms with Crippen molar-refractivity contribution in [1.29, 1.82) is 0 Å². The molecule has 2 rings (SSSR count). The summed E-state index contributed by atoms with van der Waals surface area (Å²) in [5, 5.41) is 10.8. The van der Waals surface area contributed by atoms with Gasteiger partial charge >= 0.3 is 5.82 Å². The number of aromatic nitrogens is 1. The summed E-state index contributed by atoms with van der Waals surface area (Å²) in [5.41, 5.74) is 1.07. The lowest BCUT2D eigenvalue weighted by Crippen LogP contribution is -2.07. The first-order valence-corrected chi connectivity index (χ1v) is 6.59. The molecular weight excluding hydrogens is 272 g/mol. The third kappa shape index (κ3) is 4.17. The Morgan fingerprint density at radius 2 is 1.76 bits per heavy atom. The van der Waals surface area contributed by atoms with Crippen LogP contribution in [0.15, 0.2) is 42.6 Å². The molecule has 0 saturated heterocycles. The van der Waals surface area contributed by atoms with Gasteiger partial charge < -0.3 is 19.6 Å². The minimum Gasteiger partial charge on any atom is -0.493 e. The molecule has 0 spiro atoms. The number of rotatable bonds is 7. The van der Waals surface area contributed by atoms with Gasteiger partial charge in [0.25, 0.3) is 0 Å². The lowest BCUT2D eigenvalue weighted by atomic mass is 10.2. The molecule has 6 heteroatoms. The first-order valence-electron chi connectivity index (χ1n) is 6.59. The summed E-state index contributed by atoms with van der Waals surface area (Å²) in [6.07, 6.45) is 1.99. The summed E-state index contributed by atoms with van der Waals surface area (Å²) in [6, 6.07) is 10.9. The average Bonchev–Trinajstić information content (AvgIpc) is 2.49. The van der Waals surface area contributed by atoms with Crippen molar-refractivity contribution in [2.24, 2.45) is 0 Å². The number of ether oxygens (including phenoxy) is 2. The maximum atomic E-state index is 10.8. The molecule has 0 N–H and O–H groups in total. The van der Waals surface area contributed by atoms with Gasteiger partial charge in [0.15, 0.2) is 0 Å². The zero-order chi connectivity index (χ0) is 15.1. The van der Waals surface area contributed by atoms with Crippen LogP contribution in [0.4, 0.5) is 5.82 Å². The van der Waals surface area contributed by atoms with E-state index in [0.717, 1.165) is 11.3 Å². The van der Waals surface area contributed by atoms with E-state index >= 15 is 0 Å². The summed E-state index contributed by atoms with van der Waals surface area (Å²) in [5.74, 6) is 0.751. The Labute approximate surface area is 122 Å². The Morgan fingerprint density at radius 3 is 2.48 bits per heavy atom. The minimum atomic E-state index is -0.556. The molecule has 1 aromatic heterocycles. The first-order chi connectivity index (χ1) is 10.2. The molecular formula is C15H16N2O4. The van der Waals surface area contributed by atoms with Crippen molar-refractivity contribution in [3.05, 3.63) is 58.3 Å². The van der Waals surface area contributed by atoms with E-state index < -0.39 is 4.92 Å². The van der Waals surface area contributed by atoms with Gasteiger partial charge in [0.05, 0.1) is 13.2 Å². The van der Waals surface area contributed by atoms with E-state index in [-0.39, 0.29) is 11.6 Å². The van der Waals surface area contributed by atoms with Crippen LogP contribution in [0.2, 0.25) is 0 Å². The number of nitro groups is 1.